The Hall–Kier alpha value is -2.42. The van der Waals surface area contributed by atoms with E-state index in [9.17, 15) is 4.79 Å². The lowest BCUT2D eigenvalue weighted by molar-refractivity contribution is 0.0967. The van der Waals surface area contributed by atoms with Crippen LogP contribution in [0.1, 0.15) is 47.5 Å². The summed E-state index contributed by atoms with van der Waals surface area (Å²) in [5.74, 6) is 0.0462. The highest BCUT2D eigenvalue weighted by Gasteiger charge is 2.17. The Morgan fingerprint density at radius 1 is 1.45 bits per heavy atom. The molecular weight excluding hydrogens is 254 g/mol. The molecule has 0 aromatic carbocycles. The molecule has 0 amide bonds. The van der Waals surface area contributed by atoms with Gasteiger partial charge in [-0.25, -0.2) is 9.67 Å². The third-order valence-corrected chi connectivity index (χ3v) is 3.24. The van der Waals surface area contributed by atoms with Gasteiger partial charge in [0.25, 0.3) is 5.82 Å². The minimum atomic E-state index is -0.0283. The number of Topliss-reactive ketones (excluding diaryl/α,β-unsaturated/α-hetero) is 1. The molecule has 0 spiro atoms. The van der Waals surface area contributed by atoms with Gasteiger partial charge in [0.05, 0.1) is 0 Å². The second-order valence-corrected chi connectivity index (χ2v) is 5.05. The van der Waals surface area contributed by atoms with Crippen LogP contribution in [-0.4, -0.2) is 25.1 Å². The van der Waals surface area contributed by atoms with E-state index in [2.05, 4.69) is 28.5 Å². The van der Waals surface area contributed by atoms with Crippen molar-refractivity contribution in [2.75, 3.05) is 0 Å². The Balaban J connectivity index is 2.26. The number of nitriles is 1. The smallest absolute Gasteiger partial charge is 0.252 e. The Morgan fingerprint density at radius 2 is 2.15 bits per heavy atom. The molecule has 0 N–H and O–H groups in total. The first-order chi connectivity index (χ1) is 9.43. The highest BCUT2D eigenvalue weighted by atomic mass is 16.1. The third-order valence-electron chi connectivity index (χ3n) is 3.24. The summed E-state index contributed by atoms with van der Waals surface area (Å²) in [7, 11) is 0. The molecule has 0 radical (unpaired) electrons. The number of ketones is 1. The molecule has 6 heteroatoms. The van der Waals surface area contributed by atoms with Crippen LogP contribution in [0.2, 0.25) is 0 Å². The molecule has 2 rings (SSSR count). The Morgan fingerprint density at radius 3 is 2.65 bits per heavy atom. The third kappa shape index (κ3) is 2.48. The van der Waals surface area contributed by atoms with E-state index in [0.717, 1.165) is 11.4 Å². The van der Waals surface area contributed by atoms with Gasteiger partial charge < -0.3 is 4.57 Å². The van der Waals surface area contributed by atoms with E-state index in [0.29, 0.717) is 11.6 Å². The fourth-order valence-electron chi connectivity index (χ4n) is 2.51. The second-order valence-electron chi connectivity index (χ2n) is 5.05. The van der Waals surface area contributed by atoms with Crippen molar-refractivity contribution in [2.24, 2.45) is 0 Å². The van der Waals surface area contributed by atoms with Crippen molar-refractivity contribution in [1.29, 1.82) is 5.26 Å². The normalized spacial score (nSPS) is 10.8. The van der Waals surface area contributed by atoms with Crippen LogP contribution < -0.4 is 0 Å². The number of carbonyl (C=O) groups excluding carboxylic acids is 1. The summed E-state index contributed by atoms with van der Waals surface area (Å²) in [5.41, 5.74) is 2.73. The Kier molecular flexibility index (Phi) is 3.70. The number of hydrogen-bond acceptors (Lipinski definition) is 4. The summed E-state index contributed by atoms with van der Waals surface area (Å²) in [6, 6.07) is 4.06. The van der Waals surface area contributed by atoms with E-state index >= 15 is 0 Å². The molecule has 2 aromatic heterocycles. The number of aryl methyl sites for hydroxylation is 1. The molecule has 0 aliphatic heterocycles. The molecule has 2 heterocycles. The predicted octanol–water partition coefficient (Wildman–Crippen LogP) is 2.03. The minimum Gasteiger partial charge on any atom is -0.346 e. The zero-order chi connectivity index (χ0) is 14.9. The molecule has 6 nitrogen and oxygen atoms in total. The van der Waals surface area contributed by atoms with Gasteiger partial charge in [0, 0.05) is 23.0 Å². The number of nitrogens with zero attached hydrogens (tertiary/aromatic N) is 5. The first-order valence-corrected chi connectivity index (χ1v) is 6.45. The van der Waals surface area contributed by atoms with E-state index in [-0.39, 0.29) is 18.2 Å². The van der Waals surface area contributed by atoms with Gasteiger partial charge in [-0.2, -0.15) is 5.26 Å². The van der Waals surface area contributed by atoms with Crippen LogP contribution in [0.3, 0.4) is 0 Å². The molecule has 0 atom stereocenters. The lowest BCUT2D eigenvalue weighted by Crippen LogP contribution is -2.13. The first-order valence-electron chi connectivity index (χ1n) is 6.45. The maximum atomic E-state index is 12.3. The zero-order valence-electron chi connectivity index (χ0n) is 12.1. The SMILES string of the molecule is Cc1cc(C(=O)Cn2cnc(C#N)n2)c(C)n1C(C)C. The quantitative estimate of drug-likeness (QED) is 0.797. The molecular formula is C14H17N5O. The molecule has 0 bridgehead atoms. The van der Waals surface area contributed by atoms with E-state index in [1.165, 1.54) is 11.0 Å². The van der Waals surface area contributed by atoms with Gasteiger partial charge in [-0.15, -0.1) is 5.10 Å². The van der Waals surface area contributed by atoms with Crippen molar-refractivity contribution in [3.05, 3.63) is 35.2 Å². The van der Waals surface area contributed by atoms with Crippen LogP contribution >= 0.6 is 0 Å². The Bertz CT molecular complexity index is 687. The van der Waals surface area contributed by atoms with Crippen molar-refractivity contribution in [3.63, 3.8) is 0 Å². The molecule has 0 unspecified atom stereocenters. The summed E-state index contributed by atoms with van der Waals surface area (Å²) in [6.45, 7) is 8.21. The number of hydrogen-bond donors (Lipinski definition) is 0. The van der Waals surface area contributed by atoms with Gasteiger partial charge in [-0.1, -0.05) is 0 Å². The zero-order valence-corrected chi connectivity index (χ0v) is 12.1. The fraction of sp³-hybridized carbons (Fsp3) is 0.429. The summed E-state index contributed by atoms with van der Waals surface area (Å²) < 4.78 is 3.53. The second kappa shape index (κ2) is 5.29. The molecule has 0 aliphatic rings. The van der Waals surface area contributed by atoms with Crippen LogP contribution in [-0.2, 0) is 6.54 Å². The van der Waals surface area contributed by atoms with E-state index in [1.54, 1.807) is 0 Å². The largest absolute Gasteiger partial charge is 0.346 e. The number of aromatic nitrogens is 4. The Labute approximate surface area is 117 Å². The van der Waals surface area contributed by atoms with E-state index in [4.69, 9.17) is 5.26 Å². The lowest BCUT2D eigenvalue weighted by atomic mass is 10.1. The fourth-order valence-corrected chi connectivity index (χ4v) is 2.51. The summed E-state index contributed by atoms with van der Waals surface area (Å²) in [4.78, 5) is 16.1. The minimum absolute atomic E-state index is 0.0283. The summed E-state index contributed by atoms with van der Waals surface area (Å²) in [5, 5.41) is 12.6. The van der Waals surface area contributed by atoms with Gasteiger partial charge >= 0.3 is 0 Å². The van der Waals surface area contributed by atoms with Crippen molar-refractivity contribution in [2.45, 2.75) is 40.3 Å². The molecule has 20 heavy (non-hydrogen) atoms. The molecule has 0 aliphatic carbocycles. The average molecular weight is 271 g/mol. The standard InChI is InChI=1S/C14H17N5O/c1-9(2)19-10(3)5-12(11(19)4)13(20)7-18-8-16-14(6-15)17-18/h5,8-9H,7H2,1-4H3. The van der Waals surface area contributed by atoms with Crippen molar-refractivity contribution < 1.29 is 4.79 Å². The highest BCUT2D eigenvalue weighted by Crippen LogP contribution is 2.20. The van der Waals surface area contributed by atoms with Crippen LogP contribution in [0, 0.1) is 25.2 Å². The highest BCUT2D eigenvalue weighted by molar-refractivity contribution is 5.97. The summed E-state index contributed by atoms with van der Waals surface area (Å²) in [6.07, 6.45) is 1.40. The van der Waals surface area contributed by atoms with E-state index in [1.807, 2.05) is 26.0 Å². The van der Waals surface area contributed by atoms with Crippen molar-refractivity contribution >= 4 is 5.78 Å². The number of carbonyl (C=O) groups is 1. The van der Waals surface area contributed by atoms with Crippen LogP contribution in [0.15, 0.2) is 12.4 Å². The molecule has 2 aromatic rings. The van der Waals surface area contributed by atoms with Crippen molar-refractivity contribution in [3.8, 4) is 6.07 Å². The van der Waals surface area contributed by atoms with Gasteiger partial charge in [-0.3, -0.25) is 4.79 Å². The topological polar surface area (TPSA) is 76.5 Å². The predicted molar refractivity (Wildman–Crippen MR) is 73.4 cm³/mol. The van der Waals surface area contributed by atoms with Crippen LogP contribution in [0.4, 0.5) is 0 Å². The monoisotopic (exact) mass is 271 g/mol. The summed E-state index contributed by atoms with van der Waals surface area (Å²) >= 11 is 0. The van der Waals surface area contributed by atoms with Gasteiger partial charge in [0.2, 0.25) is 0 Å². The molecule has 104 valence electrons. The van der Waals surface area contributed by atoms with Crippen LogP contribution in [0.5, 0.6) is 0 Å². The molecule has 0 saturated heterocycles. The van der Waals surface area contributed by atoms with Gasteiger partial charge in [0.15, 0.2) is 5.78 Å². The van der Waals surface area contributed by atoms with Crippen molar-refractivity contribution in [1.82, 2.24) is 19.3 Å². The average Bonchev–Trinajstić information content (AvgIpc) is 2.93. The molecule has 0 fully saturated rings. The maximum absolute atomic E-state index is 12.3. The van der Waals surface area contributed by atoms with Gasteiger partial charge in [-0.05, 0) is 33.8 Å². The first kappa shape index (κ1) is 14.0. The molecule has 0 saturated carbocycles. The maximum Gasteiger partial charge on any atom is 0.252 e. The van der Waals surface area contributed by atoms with Crippen LogP contribution in [0.25, 0.3) is 0 Å². The van der Waals surface area contributed by atoms with Gasteiger partial charge in [0.1, 0.15) is 18.9 Å². The number of rotatable bonds is 4. The van der Waals surface area contributed by atoms with E-state index < -0.39 is 0 Å². The lowest BCUT2D eigenvalue weighted by Gasteiger charge is -2.13.